The predicted octanol–water partition coefficient (Wildman–Crippen LogP) is 6.54. The van der Waals surface area contributed by atoms with Crippen LogP contribution in [0.4, 0.5) is 13.2 Å². The first-order chi connectivity index (χ1) is 19.6. The predicted molar refractivity (Wildman–Crippen MR) is 161 cm³/mol. The highest BCUT2D eigenvalue weighted by molar-refractivity contribution is 5.69. The molecule has 0 fully saturated rings. The van der Waals surface area contributed by atoms with Crippen molar-refractivity contribution < 1.29 is 27.2 Å². The zero-order valence-electron chi connectivity index (χ0n) is 24.4. The van der Waals surface area contributed by atoms with Gasteiger partial charge in [-0.2, -0.15) is 17.7 Å². The number of hydrogen-bond donors (Lipinski definition) is 0. The molecule has 8 heteroatoms. The first-order valence-corrected chi connectivity index (χ1v) is 13.8. The SMILES string of the molecule is CN(C)CCCOc1ccc(/C=C/c2cccc(/C=C/c3ccc(OCCCN(C)C)cc3)[n+]2CC(F)(F)F)cc1. The van der Waals surface area contributed by atoms with Gasteiger partial charge in [-0.1, -0.05) is 24.3 Å². The lowest BCUT2D eigenvalue weighted by atomic mass is 10.1. The van der Waals surface area contributed by atoms with Gasteiger partial charge in [0.15, 0.2) is 0 Å². The maximum absolute atomic E-state index is 13.6. The molecule has 220 valence electrons. The van der Waals surface area contributed by atoms with Gasteiger partial charge in [0.05, 0.1) is 13.2 Å². The number of hydrogen-bond acceptors (Lipinski definition) is 4. The topological polar surface area (TPSA) is 28.8 Å². The second-order valence-corrected chi connectivity index (χ2v) is 10.4. The van der Waals surface area contributed by atoms with Crippen molar-refractivity contribution in [2.45, 2.75) is 25.6 Å². The number of pyridine rings is 1. The smallest absolute Gasteiger partial charge is 0.448 e. The third-order valence-electron chi connectivity index (χ3n) is 6.18. The van der Waals surface area contributed by atoms with E-state index in [-0.39, 0.29) is 0 Å². The van der Waals surface area contributed by atoms with Gasteiger partial charge in [0.1, 0.15) is 11.5 Å². The normalized spacial score (nSPS) is 12.2. The molecule has 41 heavy (non-hydrogen) atoms. The molecular weight excluding hydrogens is 527 g/mol. The third kappa shape index (κ3) is 12.2. The number of alkyl halides is 3. The molecule has 1 aromatic heterocycles. The zero-order valence-corrected chi connectivity index (χ0v) is 24.4. The highest BCUT2D eigenvalue weighted by atomic mass is 19.4. The molecule has 0 amide bonds. The second kappa shape index (κ2) is 16.0. The molecule has 0 saturated carbocycles. The summed E-state index contributed by atoms with van der Waals surface area (Å²) < 4.78 is 53.5. The van der Waals surface area contributed by atoms with E-state index in [1.54, 1.807) is 30.4 Å². The van der Waals surface area contributed by atoms with E-state index in [0.717, 1.165) is 48.6 Å². The molecule has 2 aromatic carbocycles. The molecule has 0 saturated heterocycles. The van der Waals surface area contributed by atoms with Gasteiger partial charge in [0, 0.05) is 37.4 Å². The van der Waals surface area contributed by atoms with Crippen LogP contribution in [0.1, 0.15) is 35.4 Å². The van der Waals surface area contributed by atoms with E-state index in [2.05, 4.69) is 9.80 Å². The van der Waals surface area contributed by atoms with Crippen LogP contribution in [-0.2, 0) is 6.54 Å². The van der Waals surface area contributed by atoms with Crippen LogP contribution in [0.3, 0.4) is 0 Å². The number of ether oxygens (including phenoxy) is 2. The summed E-state index contributed by atoms with van der Waals surface area (Å²) in [5.41, 5.74) is 2.65. The molecule has 3 aromatic rings. The highest BCUT2D eigenvalue weighted by Gasteiger charge is 2.35. The minimum atomic E-state index is -4.37. The van der Waals surface area contributed by atoms with Crippen LogP contribution < -0.4 is 14.0 Å². The Hall–Kier alpha value is -3.62. The number of rotatable bonds is 15. The molecule has 0 aliphatic carbocycles. The largest absolute Gasteiger partial charge is 0.494 e. The maximum Gasteiger partial charge on any atom is 0.448 e. The quantitative estimate of drug-likeness (QED) is 0.154. The van der Waals surface area contributed by atoms with E-state index < -0.39 is 12.7 Å². The molecule has 0 spiro atoms. The Morgan fingerprint density at radius 2 is 1.05 bits per heavy atom. The number of aromatic nitrogens is 1. The molecule has 0 N–H and O–H groups in total. The fraction of sp³-hybridized carbons (Fsp3) is 0.364. The van der Waals surface area contributed by atoms with Crippen molar-refractivity contribution in [3.8, 4) is 11.5 Å². The fourth-order valence-corrected chi connectivity index (χ4v) is 4.08. The van der Waals surface area contributed by atoms with Crippen LogP contribution in [-0.4, -0.2) is 70.5 Å². The van der Waals surface area contributed by atoms with Gasteiger partial charge in [-0.3, -0.25) is 0 Å². The van der Waals surface area contributed by atoms with Crippen molar-refractivity contribution >= 4 is 24.3 Å². The Bertz CT molecular complexity index is 1160. The third-order valence-corrected chi connectivity index (χ3v) is 6.18. The van der Waals surface area contributed by atoms with Gasteiger partial charge in [-0.25, -0.2) is 0 Å². The summed E-state index contributed by atoms with van der Waals surface area (Å²) in [5, 5.41) is 0. The van der Waals surface area contributed by atoms with Crippen LogP contribution >= 0.6 is 0 Å². The molecule has 1 heterocycles. The Labute approximate surface area is 242 Å². The summed E-state index contributed by atoms with van der Waals surface area (Å²) in [4.78, 5) is 4.21. The van der Waals surface area contributed by atoms with E-state index in [4.69, 9.17) is 9.47 Å². The Kier molecular flexibility index (Phi) is 12.4. The lowest BCUT2D eigenvalue weighted by Gasteiger charge is -2.10. The van der Waals surface area contributed by atoms with Crippen LogP contribution in [0.2, 0.25) is 0 Å². The van der Waals surface area contributed by atoms with E-state index in [9.17, 15) is 13.2 Å². The lowest BCUT2D eigenvalue weighted by molar-refractivity contribution is -0.722. The van der Waals surface area contributed by atoms with Crippen LogP contribution in [0.15, 0.2) is 66.7 Å². The maximum atomic E-state index is 13.6. The summed E-state index contributed by atoms with van der Waals surface area (Å²) in [6.07, 6.45) is 4.52. The average Bonchev–Trinajstić information content (AvgIpc) is 2.92. The van der Waals surface area contributed by atoms with Crippen molar-refractivity contribution in [1.82, 2.24) is 9.80 Å². The monoisotopic (exact) mass is 568 g/mol. The second-order valence-electron chi connectivity index (χ2n) is 10.4. The first kappa shape index (κ1) is 31.9. The van der Waals surface area contributed by atoms with Crippen LogP contribution in [0, 0.1) is 0 Å². The summed E-state index contributed by atoms with van der Waals surface area (Å²) in [7, 11) is 8.09. The van der Waals surface area contributed by atoms with Gasteiger partial charge in [0.25, 0.3) is 0 Å². The number of benzene rings is 2. The van der Waals surface area contributed by atoms with Crippen molar-refractivity contribution in [3.05, 3.63) is 89.2 Å². The standard InChI is InChI=1S/C33H41F3N3O2/c1-37(2)22-6-24-40-31-18-12-27(13-19-31)10-16-29-8-5-9-30(39(29)26-33(34,35)36)17-11-28-14-20-32(21-15-28)41-25-7-23-38(3)4/h5,8-21H,6-7,22-26H2,1-4H3/q+1/b16-10+,17-11+. The molecule has 0 aliphatic rings. The first-order valence-electron chi connectivity index (χ1n) is 13.8. The Balaban J connectivity index is 1.70. The van der Waals surface area contributed by atoms with Gasteiger partial charge in [-0.05, 0) is 94.6 Å². The lowest BCUT2D eigenvalue weighted by Crippen LogP contribution is -2.46. The summed E-state index contributed by atoms with van der Waals surface area (Å²) >= 11 is 0. The molecule has 5 nitrogen and oxygen atoms in total. The van der Waals surface area contributed by atoms with Crippen LogP contribution in [0.5, 0.6) is 11.5 Å². The van der Waals surface area contributed by atoms with Crippen LogP contribution in [0.25, 0.3) is 24.3 Å². The number of nitrogens with zero attached hydrogens (tertiary/aromatic N) is 3. The van der Waals surface area contributed by atoms with Gasteiger partial charge in [0.2, 0.25) is 17.9 Å². The van der Waals surface area contributed by atoms with Gasteiger partial charge >= 0.3 is 6.18 Å². The fourth-order valence-electron chi connectivity index (χ4n) is 4.08. The molecular formula is C33H41F3N3O2+. The summed E-state index contributed by atoms with van der Waals surface area (Å²) in [6.45, 7) is 2.06. The van der Waals surface area contributed by atoms with Gasteiger partial charge < -0.3 is 19.3 Å². The van der Waals surface area contributed by atoms with E-state index in [0.29, 0.717) is 24.6 Å². The van der Waals surface area contributed by atoms with E-state index in [1.165, 1.54) is 4.57 Å². The molecule has 3 rings (SSSR count). The molecule has 0 aliphatic heterocycles. The highest BCUT2D eigenvalue weighted by Crippen LogP contribution is 2.19. The van der Waals surface area contributed by atoms with Crippen molar-refractivity contribution in [1.29, 1.82) is 0 Å². The van der Waals surface area contributed by atoms with Crippen molar-refractivity contribution in [2.75, 3.05) is 54.5 Å². The number of halogens is 3. The molecule has 0 radical (unpaired) electrons. The summed E-state index contributed by atoms with van der Waals surface area (Å²) in [5.74, 6) is 1.54. The molecule has 0 atom stereocenters. The zero-order chi connectivity index (χ0) is 29.7. The van der Waals surface area contributed by atoms with Crippen molar-refractivity contribution in [2.24, 2.45) is 0 Å². The summed E-state index contributed by atoms with van der Waals surface area (Å²) in [6, 6.07) is 20.2. The Morgan fingerprint density at radius 3 is 1.41 bits per heavy atom. The van der Waals surface area contributed by atoms with Gasteiger partial charge in [-0.15, -0.1) is 0 Å². The Morgan fingerprint density at radius 1 is 0.634 bits per heavy atom. The van der Waals surface area contributed by atoms with E-state index in [1.807, 2.05) is 88.9 Å². The average molecular weight is 569 g/mol. The molecule has 0 unspecified atom stereocenters. The minimum Gasteiger partial charge on any atom is -0.494 e. The minimum absolute atomic E-state index is 0.454. The van der Waals surface area contributed by atoms with Crippen molar-refractivity contribution in [3.63, 3.8) is 0 Å². The molecule has 0 bridgehead atoms. The van der Waals surface area contributed by atoms with E-state index >= 15 is 0 Å².